The number of amides is 2. The van der Waals surface area contributed by atoms with E-state index in [0.29, 0.717) is 36.8 Å². The van der Waals surface area contributed by atoms with Gasteiger partial charge in [-0.3, -0.25) is 14.5 Å². The van der Waals surface area contributed by atoms with E-state index in [0.717, 1.165) is 53.8 Å². The van der Waals surface area contributed by atoms with Crippen molar-refractivity contribution < 1.29 is 31.9 Å². The van der Waals surface area contributed by atoms with E-state index >= 15 is 0 Å². The highest BCUT2D eigenvalue weighted by Crippen LogP contribution is 2.30. The van der Waals surface area contributed by atoms with Gasteiger partial charge in [-0.15, -0.1) is 17.0 Å². The van der Waals surface area contributed by atoms with Crippen molar-refractivity contribution in [2.24, 2.45) is 7.05 Å². The van der Waals surface area contributed by atoms with E-state index in [9.17, 15) is 27.2 Å². The normalized spacial score (nSPS) is 13.7. The van der Waals surface area contributed by atoms with Gasteiger partial charge in [0.25, 0.3) is 11.8 Å². The summed E-state index contributed by atoms with van der Waals surface area (Å²) in [6.07, 6.45) is -3.04. The zero-order chi connectivity index (χ0) is 33.3. The van der Waals surface area contributed by atoms with E-state index in [1.165, 1.54) is 30.3 Å². The van der Waals surface area contributed by atoms with Gasteiger partial charge in [-0.2, -0.15) is 13.2 Å². The molecule has 0 bridgehead atoms. The molecule has 5 aromatic rings. The van der Waals surface area contributed by atoms with Gasteiger partial charge in [0, 0.05) is 69.4 Å². The number of halogens is 5. The number of hydrogen-bond donors (Lipinski definition) is 0. The number of rotatable bonds is 7. The van der Waals surface area contributed by atoms with Crippen LogP contribution in [0.1, 0.15) is 32.0 Å². The quantitative estimate of drug-likeness (QED) is 0.164. The minimum atomic E-state index is -4.48. The number of aryl methyl sites for hydroxylation is 1. The molecule has 0 aliphatic carbocycles. The molecule has 48 heavy (non-hydrogen) atoms. The smallest absolute Gasteiger partial charge is 0.416 e. The van der Waals surface area contributed by atoms with Crippen LogP contribution in [0.4, 0.5) is 23.2 Å². The SMILES string of the molecule is Br.CN(C(=O)c1ccc(C(F)(F)F)cc1)c1ccc(Oc2ccc3c(c2)cc(C(=O)N2CCN(Cc4ccc(F)cc4)CC2)n3C)nc1. The highest BCUT2D eigenvalue weighted by Gasteiger charge is 2.30. The fraction of sp³-hybridized carbons (Fsp3) is 0.229. The second kappa shape index (κ2) is 14.2. The first-order chi connectivity index (χ1) is 22.5. The number of hydrogen-bond acceptors (Lipinski definition) is 5. The molecule has 0 unspecified atom stereocenters. The lowest BCUT2D eigenvalue weighted by Gasteiger charge is -2.34. The number of pyridine rings is 1. The molecule has 6 rings (SSSR count). The molecule has 2 amide bonds. The second-order valence-electron chi connectivity index (χ2n) is 11.4. The summed E-state index contributed by atoms with van der Waals surface area (Å²) < 4.78 is 59.6. The van der Waals surface area contributed by atoms with Gasteiger partial charge in [0.15, 0.2) is 0 Å². The molecule has 3 aromatic carbocycles. The average Bonchev–Trinajstić information content (AvgIpc) is 3.40. The van der Waals surface area contributed by atoms with E-state index in [2.05, 4.69) is 9.88 Å². The van der Waals surface area contributed by atoms with Crippen LogP contribution in [0, 0.1) is 5.82 Å². The molecule has 0 spiro atoms. The molecule has 1 fully saturated rings. The first-order valence-corrected chi connectivity index (χ1v) is 14.9. The third kappa shape index (κ3) is 7.52. The topological polar surface area (TPSA) is 70.9 Å². The molecule has 0 saturated carbocycles. The Labute approximate surface area is 284 Å². The standard InChI is InChI=1S/C35H31F4N5O3.BrH/c1-41(33(45)24-5-7-26(8-6-24)35(37,38)39)28-11-14-32(40-21-28)47-29-12-13-30-25(19-29)20-31(42(30)2)34(46)44-17-15-43(16-18-44)22-23-3-9-27(36)10-4-23;/h3-14,19-21H,15-18,22H2,1-2H3;1H. The maximum absolute atomic E-state index is 13.5. The average molecular weight is 727 g/mol. The van der Waals surface area contributed by atoms with Gasteiger partial charge in [0.2, 0.25) is 5.88 Å². The van der Waals surface area contributed by atoms with Gasteiger partial charge in [0.05, 0.1) is 17.4 Å². The molecule has 3 heterocycles. The minimum Gasteiger partial charge on any atom is -0.439 e. The molecule has 250 valence electrons. The lowest BCUT2D eigenvalue weighted by atomic mass is 10.1. The first kappa shape index (κ1) is 34.6. The van der Waals surface area contributed by atoms with E-state index < -0.39 is 17.6 Å². The fourth-order valence-electron chi connectivity index (χ4n) is 5.58. The maximum atomic E-state index is 13.5. The van der Waals surface area contributed by atoms with Crippen LogP contribution in [-0.2, 0) is 19.8 Å². The van der Waals surface area contributed by atoms with Crippen LogP contribution >= 0.6 is 17.0 Å². The highest BCUT2D eigenvalue weighted by atomic mass is 79.9. The van der Waals surface area contributed by atoms with Gasteiger partial charge in [-0.25, -0.2) is 9.37 Å². The zero-order valence-corrected chi connectivity index (χ0v) is 27.8. The van der Waals surface area contributed by atoms with Crippen molar-refractivity contribution in [1.29, 1.82) is 0 Å². The van der Waals surface area contributed by atoms with Crippen LogP contribution in [0.3, 0.4) is 0 Å². The summed E-state index contributed by atoms with van der Waals surface area (Å²) in [5.74, 6) is -0.0223. The molecule has 1 aliphatic heterocycles. The number of carbonyl (C=O) groups excluding carboxylic acids is 2. The van der Waals surface area contributed by atoms with E-state index in [1.54, 1.807) is 30.3 Å². The van der Waals surface area contributed by atoms with Gasteiger partial charge >= 0.3 is 6.18 Å². The Hall–Kier alpha value is -4.75. The molecule has 1 saturated heterocycles. The Morgan fingerprint density at radius 2 is 1.58 bits per heavy atom. The Kier molecular flexibility index (Phi) is 10.2. The van der Waals surface area contributed by atoms with Crippen LogP contribution in [0.5, 0.6) is 11.6 Å². The molecule has 0 atom stereocenters. The lowest BCUT2D eigenvalue weighted by molar-refractivity contribution is -0.137. The number of piperazine rings is 1. The van der Waals surface area contributed by atoms with Crippen molar-refractivity contribution in [2.75, 3.05) is 38.1 Å². The van der Waals surface area contributed by atoms with Crippen LogP contribution in [0.15, 0.2) is 91.1 Å². The Bertz CT molecular complexity index is 1900. The molecule has 0 radical (unpaired) electrons. The Balaban J connectivity index is 0.00000451. The zero-order valence-electron chi connectivity index (χ0n) is 26.1. The van der Waals surface area contributed by atoms with Crippen LogP contribution in [-0.4, -0.2) is 64.4 Å². The monoisotopic (exact) mass is 725 g/mol. The maximum Gasteiger partial charge on any atom is 0.416 e. The number of anilines is 1. The van der Waals surface area contributed by atoms with Gasteiger partial charge in [-0.1, -0.05) is 12.1 Å². The summed E-state index contributed by atoms with van der Waals surface area (Å²) in [7, 11) is 3.36. The van der Waals surface area contributed by atoms with Crippen molar-refractivity contribution in [3.8, 4) is 11.6 Å². The molecular weight excluding hydrogens is 694 g/mol. The minimum absolute atomic E-state index is 0. The van der Waals surface area contributed by atoms with Crippen molar-refractivity contribution in [2.45, 2.75) is 12.7 Å². The Morgan fingerprint density at radius 3 is 2.21 bits per heavy atom. The number of benzene rings is 3. The molecule has 0 N–H and O–H groups in total. The number of fused-ring (bicyclic) bond motifs is 1. The number of carbonyl (C=O) groups is 2. The van der Waals surface area contributed by atoms with E-state index in [4.69, 9.17) is 4.74 Å². The number of aromatic nitrogens is 2. The fourth-order valence-corrected chi connectivity index (χ4v) is 5.58. The summed E-state index contributed by atoms with van der Waals surface area (Å²) in [5, 5.41) is 0.821. The van der Waals surface area contributed by atoms with Gasteiger partial charge in [-0.05, 0) is 72.3 Å². The van der Waals surface area contributed by atoms with Crippen molar-refractivity contribution in [3.63, 3.8) is 0 Å². The van der Waals surface area contributed by atoms with E-state index in [1.807, 2.05) is 34.7 Å². The third-order valence-corrected chi connectivity index (χ3v) is 8.31. The molecule has 8 nitrogen and oxygen atoms in total. The molecule has 2 aromatic heterocycles. The van der Waals surface area contributed by atoms with E-state index in [-0.39, 0.29) is 40.1 Å². The summed E-state index contributed by atoms with van der Waals surface area (Å²) >= 11 is 0. The summed E-state index contributed by atoms with van der Waals surface area (Å²) in [6.45, 7) is 3.31. The molecular formula is C35H32BrF4N5O3. The number of nitrogens with zero attached hydrogens (tertiary/aromatic N) is 5. The molecule has 1 aliphatic rings. The molecule has 13 heteroatoms. The highest BCUT2D eigenvalue weighted by molar-refractivity contribution is 8.93. The summed E-state index contributed by atoms with van der Waals surface area (Å²) in [5.41, 5.74) is 2.17. The van der Waals surface area contributed by atoms with Gasteiger partial charge < -0.3 is 19.1 Å². The summed E-state index contributed by atoms with van der Waals surface area (Å²) in [6, 6.07) is 21.0. The van der Waals surface area contributed by atoms with Crippen LogP contribution in [0.25, 0.3) is 10.9 Å². The summed E-state index contributed by atoms with van der Waals surface area (Å²) in [4.78, 5) is 36.0. The van der Waals surface area contributed by atoms with Crippen LogP contribution < -0.4 is 9.64 Å². The van der Waals surface area contributed by atoms with Crippen molar-refractivity contribution in [3.05, 3.63) is 119 Å². The number of alkyl halides is 3. The largest absolute Gasteiger partial charge is 0.439 e. The first-order valence-electron chi connectivity index (χ1n) is 14.9. The number of ether oxygens (including phenoxy) is 1. The lowest BCUT2D eigenvalue weighted by Crippen LogP contribution is -2.48. The predicted molar refractivity (Wildman–Crippen MR) is 179 cm³/mol. The van der Waals surface area contributed by atoms with Gasteiger partial charge in [0.1, 0.15) is 17.3 Å². The van der Waals surface area contributed by atoms with Crippen molar-refractivity contribution in [1.82, 2.24) is 19.4 Å². The second-order valence-corrected chi connectivity index (χ2v) is 11.4. The predicted octanol–water partition coefficient (Wildman–Crippen LogP) is 7.34. The van der Waals surface area contributed by atoms with Crippen LogP contribution in [0.2, 0.25) is 0 Å². The Morgan fingerprint density at radius 1 is 0.896 bits per heavy atom. The van der Waals surface area contributed by atoms with Crippen molar-refractivity contribution >= 4 is 45.4 Å². The third-order valence-electron chi connectivity index (χ3n) is 8.31.